The highest BCUT2D eigenvalue weighted by molar-refractivity contribution is 7.99. The van der Waals surface area contributed by atoms with E-state index >= 15 is 0 Å². The van der Waals surface area contributed by atoms with E-state index in [4.69, 9.17) is 0 Å². The minimum Gasteiger partial charge on any atom is -0.468 e. The molecule has 1 heterocycles. The number of hydrogen-bond donors (Lipinski definition) is 0. The molecule has 4 aliphatic rings. The first kappa shape index (κ1) is 19.6. The second kappa shape index (κ2) is 6.94. The Morgan fingerprint density at radius 3 is 2.32 bits per heavy atom. The van der Waals surface area contributed by atoms with E-state index in [1.54, 1.807) is 6.07 Å². The van der Waals surface area contributed by atoms with Crippen molar-refractivity contribution in [2.45, 2.75) is 55.1 Å². The first-order valence-corrected chi connectivity index (χ1v) is 10.4. The molecule has 1 aromatic rings. The number of methoxy groups -OCH3 is 1. The van der Waals surface area contributed by atoms with Gasteiger partial charge in [-0.3, -0.25) is 4.79 Å². The van der Waals surface area contributed by atoms with Crippen molar-refractivity contribution < 1.29 is 22.7 Å². The van der Waals surface area contributed by atoms with Crippen LogP contribution in [0.25, 0.3) is 0 Å². The van der Waals surface area contributed by atoms with Crippen LogP contribution >= 0.6 is 11.8 Å². The van der Waals surface area contributed by atoms with Crippen LogP contribution in [-0.2, 0) is 21.1 Å². The summed E-state index contributed by atoms with van der Waals surface area (Å²) in [6.07, 6.45) is 1.48. The third-order valence-corrected chi connectivity index (χ3v) is 7.49. The number of nitriles is 1. The van der Waals surface area contributed by atoms with E-state index in [1.807, 2.05) is 0 Å². The van der Waals surface area contributed by atoms with Gasteiger partial charge in [-0.05, 0) is 62.3 Å². The van der Waals surface area contributed by atoms with Gasteiger partial charge in [-0.15, -0.1) is 0 Å². The SMILES string of the molecule is COC(=O)CSc1nc(C23CC4CC(CC(C4)C2)C3)cc(C(F)(F)F)c1C#N. The van der Waals surface area contributed by atoms with Gasteiger partial charge in [0.25, 0.3) is 0 Å². The van der Waals surface area contributed by atoms with E-state index in [9.17, 15) is 23.2 Å². The number of ether oxygens (including phenoxy) is 1. The Labute approximate surface area is 165 Å². The van der Waals surface area contributed by atoms with Gasteiger partial charge in [0.15, 0.2) is 0 Å². The van der Waals surface area contributed by atoms with Gasteiger partial charge in [0.1, 0.15) is 11.1 Å². The first-order chi connectivity index (χ1) is 13.2. The van der Waals surface area contributed by atoms with Gasteiger partial charge >= 0.3 is 12.1 Å². The number of nitrogens with zero attached hydrogens (tertiary/aromatic N) is 2. The minimum absolute atomic E-state index is 0.0199. The molecule has 150 valence electrons. The van der Waals surface area contributed by atoms with Crippen LogP contribution in [-0.4, -0.2) is 23.8 Å². The van der Waals surface area contributed by atoms with Gasteiger partial charge in [0.05, 0.1) is 24.0 Å². The fourth-order valence-electron chi connectivity index (χ4n) is 5.84. The molecule has 4 nitrogen and oxygen atoms in total. The van der Waals surface area contributed by atoms with Crippen molar-refractivity contribution in [2.75, 3.05) is 12.9 Å². The minimum atomic E-state index is -4.65. The molecule has 8 heteroatoms. The molecule has 5 rings (SSSR count). The number of rotatable bonds is 4. The molecule has 0 N–H and O–H groups in total. The van der Waals surface area contributed by atoms with Crippen molar-refractivity contribution in [2.24, 2.45) is 17.8 Å². The van der Waals surface area contributed by atoms with E-state index in [-0.39, 0.29) is 16.2 Å². The van der Waals surface area contributed by atoms with Crippen LogP contribution < -0.4 is 0 Å². The molecule has 1 aromatic heterocycles. The Bertz CT molecular complexity index is 812. The second-order valence-corrected chi connectivity index (χ2v) is 9.37. The summed E-state index contributed by atoms with van der Waals surface area (Å²) in [5, 5.41) is 9.37. The Morgan fingerprint density at radius 2 is 1.86 bits per heavy atom. The van der Waals surface area contributed by atoms with Crippen LogP contribution in [0.5, 0.6) is 0 Å². The predicted octanol–water partition coefficient (Wildman–Crippen LogP) is 4.70. The van der Waals surface area contributed by atoms with Crippen molar-refractivity contribution in [1.82, 2.24) is 4.98 Å². The summed E-state index contributed by atoms with van der Waals surface area (Å²) in [6.45, 7) is 0. The second-order valence-electron chi connectivity index (χ2n) is 8.41. The third kappa shape index (κ3) is 3.38. The number of alkyl halides is 3. The maximum Gasteiger partial charge on any atom is 0.417 e. The number of pyridine rings is 1. The van der Waals surface area contributed by atoms with Crippen molar-refractivity contribution in [1.29, 1.82) is 5.26 Å². The molecule has 0 atom stereocenters. The van der Waals surface area contributed by atoms with Crippen LogP contribution in [0.4, 0.5) is 13.2 Å². The molecule has 0 amide bonds. The Hall–Kier alpha value is -1.75. The highest BCUT2D eigenvalue weighted by Crippen LogP contribution is 2.60. The molecule has 4 saturated carbocycles. The number of hydrogen-bond acceptors (Lipinski definition) is 5. The molecule has 0 spiro atoms. The fourth-order valence-corrected chi connectivity index (χ4v) is 6.68. The smallest absolute Gasteiger partial charge is 0.417 e. The monoisotopic (exact) mass is 410 g/mol. The zero-order valence-electron chi connectivity index (χ0n) is 15.5. The molecular formula is C20H21F3N2O2S. The van der Waals surface area contributed by atoms with Gasteiger partial charge in [0, 0.05) is 11.1 Å². The third-order valence-electron chi connectivity index (χ3n) is 6.54. The van der Waals surface area contributed by atoms with Gasteiger partial charge in [-0.25, -0.2) is 4.98 Å². The summed E-state index contributed by atoms with van der Waals surface area (Å²) in [4.78, 5) is 16.0. The normalized spacial score (nSPS) is 30.9. The van der Waals surface area contributed by atoms with Crippen LogP contribution in [0.1, 0.15) is 55.3 Å². The Balaban J connectivity index is 1.79. The number of esters is 1. The summed E-state index contributed by atoms with van der Waals surface area (Å²) in [6, 6.07) is 2.76. The standard InChI is InChI=1S/C20H21F3N2O2S/c1-27-17(26)10-28-18-14(9-24)15(20(21,22)23)5-16(25-18)19-6-11-2-12(7-19)4-13(3-11)8-19/h5,11-13H,2-4,6-8,10H2,1H3. The van der Waals surface area contributed by atoms with E-state index in [0.29, 0.717) is 23.4 Å². The number of halogens is 3. The first-order valence-electron chi connectivity index (χ1n) is 9.46. The number of carbonyl (C=O) groups excluding carboxylic acids is 1. The summed E-state index contributed by atoms with van der Waals surface area (Å²) < 4.78 is 45.8. The van der Waals surface area contributed by atoms with Gasteiger partial charge in [0.2, 0.25) is 0 Å². The summed E-state index contributed by atoms with van der Waals surface area (Å²) in [5.41, 5.74) is -1.33. The van der Waals surface area contributed by atoms with Crippen molar-refractivity contribution in [3.05, 3.63) is 22.9 Å². The molecule has 0 unspecified atom stereocenters. The van der Waals surface area contributed by atoms with Crippen LogP contribution in [0.2, 0.25) is 0 Å². The highest BCUT2D eigenvalue weighted by atomic mass is 32.2. The van der Waals surface area contributed by atoms with Gasteiger partial charge < -0.3 is 4.74 Å². The predicted molar refractivity (Wildman–Crippen MR) is 96.5 cm³/mol. The molecule has 4 fully saturated rings. The number of carbonyl (C=O) groups is 1. The van der Waals surface area contributed by atoms with Gasteiger partial charge in [-0.1, -0.05) is 11.8 Å². The van der Waals surface area contributed by atoms with Crippen LogP contribution in [0, 0.1) is 29.1 Å². The molecule has 0 aliphatic heterocycles. The molecular weight excluding hydrogens is 389 g/mol. The lowest BCUT2D eigenvalue weighted by atomic mass is 9.48. The lowest BCUT2D eigenvalue weighted by Gasteiger charge is -2.56. The molecule has 0 aromatic carbocycles. The number of aromatic nitrogens is 1. The van der Waals surface area contributed by atoms with E-state index < -0.39 is 23.3 Å². The van der Waals surface area contributed by atoms with E-state index in [1.165, 1.54) is 26.4 Å². The van der Waals surface area contributed by atoms with Gasteiger partial charge in [-0.2, -0.15) is 18.4 Å². The Morgan fingerprint density at radius 1 is 1.29 bits per heavy atom. The van der Waals surface area contributed by atoms with Crippen molar-refractivity contribution in [3.8, 4) is 6.07 Å². The van der Waals surface area contributed by atoms with E-state index in [2.05, 4.69) is 9.72 Å². The Kier molecular flexibility index (Phi) is 4.85. The zero-order chi connectivity index (χ0) is 20.1. The molecule has 4 bridgehead atoms. The zero-order valence-corrected chi connectivity index (χ0v) is 16.3. The summed E-state index contributed by atoms with van der Waals surface area (Å²) >= 11 is 0.845. The average Bonchev–Trinajstić information content (AvgIpc) is 2.63. The highest BCUT2D eigenvalue weighted by Gasteiger charge is 2.53. The largest absolute Gasteiger partial charge is 0.468 e. The summed E-state index contributed by atoms with van der Waals surface area (Å²) in [5.74, 6) is 0.932. The maximum atomic E-state index is 13.8. The number of thioether (sulfide) groups is 1. The molecule has 0 radical (unpaired) electrons. The molecule has 0 saturated heterocycles. The topological polar surface area (TPSA) is 63.0 Å². The lowest BCUT2D eigenvalue weighted by molar-refractivity contribution is -0.138. The average molecular weight is 410 g/mol. The lowest BCUT2D eigenvalue weighted by Crippen LogP contribution is -2.49. The molecule has 28 heavy (non-hydrogen) atoms. The molecule has 4 aliphatic carbocycles. The van der Waals surface area contributed by atoms with Crippen LogP contribution in [0.3, 0.4) is 0 Å². The maximum absolute atomic E-state index is 13.8. The van der Waals surface area contributed by atoms with Crippen molar-refractivity contribution in [3.63, 3.8) is 0 Å². The van der Waals surface area contributed by atoms with E-state index in [0.717, 1.165) is 37.1 Å². The van der Waals surface area contributed by atoms with Crippen molar-refractivity contribution >= 4 is 17.7 Å². The van der Waals surface area contributed by atoms with Crippen LogP contribution in [0.15, 0.2) is 11.1 Å². The summed E-state index contributed by atoms with van der Waals surface area (Å²) in [7, 11) is 1.22. The fraction of sp³-hybridized carbons (Fsp3) is 0.650. The quantitative estimate of drug-likeness (QED) is 0.532.